The van der Waals surface area contributed by atoms with Gasteiger partial charge < -0.3 is 20.9 Å². The van der Waals surface area contributed by atoms with Crippen molar-refractivity contribution in [3.63, 3.8) is 0 Å². The van der Waals surface area contributed by atoms with Crippen molar-refractivity contribution in [3.05, 3.63) is 68.1 Å². The zero-order valence-electron chi connectivity index (χ0n) is 23.7. The third kappa shape index (κ3) is 6.53. The number of nitrogens with one attached hydrogen (secondary N) is 4. The molecule has 4 rings (SSSR count). The number of aromatic nitrogens is 1. The third-order valence-electron chi connectivity index (χ3n) is 7.83. The van der Waals surface area contributed by atoms with E-state index in [4.69, 9.17) is 0 Å². The first-order valence-corrected chi connectivity index (χ1v) is 13.7. The Morgan fingerprint density at radius 2 is 1.76 bits per heavy atom. The average Bonchev–Trinajstić information content (AvgIpc) is 3.29. The predicted octanol–water partition coefficient (Wildman–Crippen LogP) is 5.77. The van der Waals surface area contributed by atoms with E-state index in [9.17, 15) is 9.59 Å². The molecule has 1 aliphatic carbocycles. The number of aryl methyl sites for hydroxylation is 2. The van der Waals surface area contributed by atoms with Crippen molar-refractivity contribution in [2.45, 2.75) is 98.2 Å². The second kappa shape index (κ2) is 10.5. The number of carbonyl (C=O) groups excluding carboxylic acids is 1. The maximum absolute atomic E-state index is 13.5. The Labute approximate surface area is 221 Å². The van der Waals surface area contributed by atoms with Crippen molar-refractivity contribution in [1.82, 2.24) is 15.6 Å². The highest BCUT2D eigenvalue weighted by Crippen LogP contribution is 2.36. The van der Waals surface area contributed by atoms with Gasteiger partial charge in [0.05, 0.1) is 0 Å². The van der Waals surface area contributed by atoms with Crippen LogP contribution in [0.1, 0.15) is 98.1 Å². The fraction of sp³-hybridized carbons (Fsp3) is 0.548. The zero-order chi connectivity index (χ0) is 27.0. The van der Waals surface area contributed by atoms with E-state index in [1.54, 1.807) is 0 Å². The van der Waals surface area contributed by atoms with Gasteiger partial charge in [-0.05, 0) is 114 Å². The summed E-state index contributed by atoms with van der Waals surface area (Å²) in [5.41, 5.74) is 6.90. The van der Waals surface area contributed by atoms with Gasteiger partial charge in [-0.1, -0.05) is 18.9 Å². The van der Waals surface area contributed by atoms with Gasteiger partial charge in [0.1, 0.15) is 0 Å². The molecule has 1 aliphatic heterocycles. The lowest BCUT2D eigenvalue weighted by atomic mass is 9.80. The van der Waals surface area contributed by atoms with E-state index in [1.165, 1.54) is 31.3 Å². The highest BCUT2D eigenvalue weighted by atomic mass is 16.1. The third-order valence-corrected chi connectivity index (χ3v) is 7.83. The number of benzene rings is 1. The van der Waals surface area contributed by atoms with Crippen LogP contribution in [0, 0.1) is 26.7 Å². The van der Waals surface area contributed by atoms with E-state index in [-0.39, 0.29) is 29.1 Å². The van der Waals surface area contributed by atoms with Crippen molar-refractivity contribution in [3.8, 4) is 0 Å². The van der Waals surface area contributed by atoms with Gasteiger partial charge in [0.15, 0.2) is 0 Å². The largest absolute Gasteiger partial charge is 0.385 e. The standard InChI is InChI=1S/C31H44N4O2/c1-19-12-20(2)34-29(37)26(19)18-33-28(36)25-13-23(24-15-30(4,5)35-31(6,7)16-24)14-27(21(25)3)32-17-22-10-8-9-11-22/h12-15,22,32,35H,8-11,16-18H2,1-7H3,(H,33,36)(H,34,37). The van der Waals surface area contributed by atoms with Gasteiger partial charge in [-0.15, -0.1) is 0 Å². The van der Waals surface area contributed by atoms with Crippen molar-refractivity contribution in [2.75, 3.05) is 11.9 Å². The minimum atomic E-state index is -0.157. The van der Waals surface area contributed by atoms with Crippen LogP contribution in [0.2, 0.25) is 0 Å². The highest BCUT2D eigenvalue weighted by Gasteiger charge is 2.33. The average molecular weight is 505 g/mol. The molecular weight excluding hydrogens is 460 g/mol. The molecule has 0 saturated heterocycles. The van der Waals surface area contributed by atoms with Gasteiger partial charge in [0, 0.05) is 46.7 Å². The molecule has 4 N–H and O–H groups in total. The molecule has 37 heavy (non-hydrogen) atoms. The molecule has 1 fully saturated rings. The molecule has 6 heteroatoms. The topological polar surface area (TPSA) is 86.0 Å². The monoisotopic (exact) mass is 504 g/mol. The van der Waals surface area contributed by atoms with E-state index in [0.29, 0.717) is 17.0 Å². The van der Waals surface area contributed by atoms with E-state index in [0.717, 1.165) is 41.0 Å². The Balaban J connectivity index is 1.67. The highest BCUT2D eigenvalue weighted by molar-refractivity contribution is 5.98. The fourth-order valence-electron chi connectivity index (χ4n) is 6.25. The van der Waals surface area contributed by atoms with Gasteiger partial charge in [-0.3, -0.25) is 9.59 Å². The minimum Gasteiger partial charge on any atom is -0.385 e. The summed E-state index contributed by atoms with van der Waals surface area (Å²) in [6, 6.07) is 6.19. The maximum atomic E-state index is 13.5. The minimum absolute atomic E-state index is 0.0532. The lowest BCUT2D eigenvalue weighted by Gasteiger charge is -2.41. The fourth-order valence-corrected chi connectivity index (χ4v) is 6.25. The van der Waals surface area contributed by atoms with Crippen LogP contribution in [0.5, 0.6) is 0 Å². The normalized spacial score (nSPS) is 18.9. The summed E-state index contributed by atoms with van der Waals surface area (Å²) in [6.45, 7) is 15.8. The summed E-state index contributed by atoms with van der Waals surface area (Å²) in [6.07, 6.45) is 8.31. The molecule has 2 heterocycles. The van der Waals surface area contributed by atoms with Gasteiger partial charge in [0.25, 0.3) is 11.5 Å². The summed E-state index contributed by atoms with van der Waals surface area (Å²) < 4.78 is 0. The molecule has 0 unspecified atom stereocenters. The van der Waals surface area contributed by atoms with Crippen LogP contribution >= 0.6 is 0 Å². The number of H-pyrrole nitrogens is 1. The number of carbonyl (C=O) groups is 1. The van der Waals surface area contributed by atoms with Crippen LogP contribution in [0.3, 0.4) is 0 Å². The number of pyridine rings is 1. The Kier molecular flexibility index (Phi) is 7.70. The molecule has 0 radical (unpaired) electrons. The summed E-state index contributed by atoms with van der Waals surface area (Å²) >= 11 is 0. The van der Waals surface area contributed by atoms with Gasteiger partial charge in [-0.25, -0.2) is 0 Å². The number of hydrogen-bond donors (Lipinski definition) is 4. The first kappa shape index (κ1) is 27.2. The second-order valence-electron chi connectivity index (χ2n) is 12.4. The van der Waals surface area contributed by atoms with Crippen molar-refractivity contribution >= 4 is 17.2 Å². The van der Waals surface area contributed by atoms with Crippen LogP contribution < -0.4 is 21.5 Å². The first-order valence-electron chi connectivity index (χ1n) is 13.7. The molecule has 1 saturated carbocycles. The van der Waals surface area contributed by atoms with E-state index >= 15 is 0 Å². The Bertz CT molecular complexity index is 1260. The number of aromatic amines is 1. The van der Waals surface area contributed by atoms with Crippen LogP contribution in [-0.2, 0) is 6.54 Å². The summed E-state index contributed by atoms with van der Waals surface area (Å²) in [7, 11) is 0. The Morgan fingerprint density at radius 3 is 2.41 bits per heavy atom. The second-order valence-corrected chi connectivity index (χ2v) is 12.4. The number of anilines is 1. The Hall–Kier alpha value is -2.86. The lowest BCUT2D eigenvalue weighted by molar-refractivity contribution is 0.0950. The molecule has 0 bridgehead atoms. The van der Waals surface area contributed by atoms with E-state index in [2.05, 4.69) is 60.8 Å². The van der Waals surface area contributed by atoms with Crippen LogP contribution in [0.4, 0.5) is 5.69 Å². The quantitative estimate of drug-likeness (QED) is 0.386. The molecule has 0 spiro atoms. The summed E-state index contributed by atoms with van der Waals surface area (Å²) in [4.78, 5) is 28.9. The predicted molar refractivity (Wildman–Crippen MR) is 153 cm³/mol. The van der Waals surface area contributed by atoms with E-state index in [1.807, 2.05) is 32.9 Å². The lowest BCUT2D eigenvalue weighted by Crippen LogP contribution is -2.53. The SMILES string of the molecule is Cc1cc(C)c(CNC(=O)c2cc(C3=CC(C)(C)NC(C)(C)C3)cc(NCC3CCCC3)c2C)c(=O)[nH]1. The summed E-state index contributed by atoms with van der Waals surface area (Å²) in [5, 5.41) is 10.4. The molecule has 1 amide bonds. The molecule has 6 nitrogen and oxygen atoms in total. The molecule has 200 valence electrons. The molecule has 2 aliphatic rings. The van der Waals surface area contributed by atoms with Gasteiger partial charge in [0.2, 0.25) is 0 Å². The first-order chi connectivity index (χ1) is 17.3. The molecule has 2 aromatic rings. The maximum Gasteiger partial charge on any atom is 0.253 e. The molecule has 1 aromatic heterocycles. The van der Waals surface area contributed by atoms with Crippen molar-refractivity contribution in [1.29, 1.82) is 0 Å². The zero-order valence-corrected chi connectivity index (χ0v) is 23.7. The van der Waals surface area contributed by atoms with Gasteiger partial charge >= 0.3 is 0 Å². The van der Waals surface area contributed by atoms with Crippen molar-refractivity contribution in [2.24, 2.45) is 5.92 Å². The smallest absolute Gasteiger partial charge is 0.253 e. The summed E-state index contributed by atoms with van der Waals surface area (Å²) in [5.74, 6) is 0.531. The number of rotatable bonds is 7. The van der Waals surface area contributed by atoms with Gasteiger partial charge in [-0.2, -0.15) is 0 Å². The molecule has 1 aromatic carbocycles. The molecular formula is C31H44N4O2. The number of hydrogen-bond acceptors (Lipinski definition) is 4. The molecule has 0 atom stereocenters. The number of amides is 1. The van der Waals surface area contributed by atoms with Crippen LogP contribution in [0.25, 0.3) is 5.57 Å². The van der Waals surface area contributed by atoms with Crippen LogP contribution in [-0.4, -0.2) is 28.5 Å². The van der Waals surface area contributed by atoms with E-state index < -0.39 is 0 Å². The van der Waals surface area contributed by atoms with Crippen molar-refractivity contribution < 1.29 is 4.79 Å². The Morgan fingerprint density at radius 1 is 1.05 bits per heavy atom. The van der Waals surface area contributed by atoms with Crippen LogP contribution in [0.15, 0.2) is 29.1 Å².